The van der Waals surface area contributed by atoms with Crippen LogP contribution >= 0.6 is 11.3 Å². The molecule has 0 bridgehead atoms. The van der Waals surface area contributed by atoms with E-state index in [1.165, 1.54) is 26.2 Å². The number of aromatic nitrogens is 1. The van der Waals surface area contributed by atoms with Gasteiger partial charge in [-0.25, -0.2) is 17.7 Å². The minimum absolute atomic E-state index is 0.0621. The lowest BCUT2D eigenvalue weighted by Crippen LogP contribution is -2.48. The van der Waals surface area contributed by atoms with Crippen LogP contribution in [0.1, 0.15) is 21.1 Å². The fourth-order valence-electron chi connectivity index (χ4n) is 2.98. The largest absolute Gasteiger partial charge is 0.336 e. The Labute approximate surface area is 164 Å². The average molecular weight is 409 g/mol. The van der Waals surface area contributed by atoms with Gasteiger partial charge in [0.25, 0.3) is 5.91 Å². The number of piperazine rings is 1. The molecular weight excluding hydrogens is 384 g/mol. The topological polar surface area (TPSA) is 73.8 Å². The van der Waals surface area contributed by atoms with Crippen molar-refractivity contribution in [3.63, 3.8) is 0 Å². The normalized spacial score (nSPS) is 16.1. The van der Waals surface area contributed by atoms with Crippen LogP contribution in [0.4, 0.5) is 0 Å². The molecule has 0 atom stereocenters. The lowest BCUT2D eigenvalue weighted by molar-refractivity contribution is 0.0627. The van der Waals surface area contributed by atoms with E-state index in [4.69, 9.17) is 0 Å². The molecule has 2 heterocycles. The predicted octanol–water partition coefficient (Wildman–Crippen LogP) is 1.66. The summed E-state index contributed by atoms with van der Waals surface area (Å²) in [5.74, 6) is -0.0621. The van der Waals surface area contributed by atoms with Crippen molar-refractivity contribution in [2.45, 2.75) is 18.4 Å². The van der Waals surface area contributed by atoms with Crippen molar-refractivity contribution < 1.29 is 13.2 Å². The Morgan fingerprint density at radius 3 is 2.30 bits per heavy atom. The summed E-state index contributed by atoms with van der Waals surface area (Å²) < 4.78 is 25.4. The summed E-state index contributed by atoms with van der Waals surface area (Å²) in [5, 5.41) is 3.15. The Bertz CT molecular complexity index is 899. The van der Waals surface area contributed by atoms with Gasteiger partial charge in [-0.3, -0.25) is 9.69 Å². The quantitative estimate of drug-likeness (QED) is 0.752. The third-order valence-electron chi connectivity index (χ3n) is 4.59. The highest BCUT2D eigenvalue weighted by Gasteiger charge is 2.23. The van der Waals surface area contributed by atoms with Gasteiger partial charge < -0.3 is 4.90 Å². The molecule has 1 saturated heterocycles. The number of aryl methyl sites for hydroxylation is 1. The van der Waals surface area contributed by atoms with Gasteiger partial charge in [0.1, 0.15) is 0 Å². The third kappa shape index (κ3) is 4.55. The van der Waals surface area contributed by atoms with E-state index in [9.17, 15) is 13.2 Å². The molecular formula is C18H24N4O3S2. The highest BCUT2D eigenvalue weighted by Crippen LogP contribution is 2.17. The van der Waals surface area contributed by atoms with Crippen molar-refractivity contribution in [3.8, 4) is 0 Å². The maximum absolute atomic E-state index is 12.7. The molecule has 9 heteroatoms. The number of amides is 1. The summed E-state index contributed by atoms with van der Waals surface area (Å²) >= 11 is 1.65. The molecule has 146 valence electrons. The molecule has 0 N–H and O–H groups in total. The highest BCUT2D eigenvalue weighted by molar-refractivity contribution is 7.89. The van der Waals surface area contributed by atoms with E-state index >= 15 is 0 Å². The zero-order chi connectivity index (χ0) is 19.6. The molecule has 1 aromatic carbocycles. The smallest absolute Gasteiger partial charge is 0.253 e. The second-order valence-electron chi connectivity index (χ2n) is 6.74. The number of rotatable bonds is 5. The Kier molecular flexibility index (Phi) is 5.95. The van der Waals surface area contributed by atoms with Crippen LogP contribution in [0.5, 0.6) is 0 Å². The van der Waals surface area contributed by atoms with Crippen molar-refractivity contribution >= 4 is 27.3 Å². The van der Waals surface area contributed by atoms with Crippen LogP contribution in [0.25, 0.3) is 0 Å². The maximum Gasteiger partial charge on any atom is 0.253 e. The number of benzene rings is 1. The second kappa shape index (κ2) is 8.05. The van der Waals surface area contributed by atoms with Crippen molar-refractivity contribution in [1.29, 1.82) is 0 Å². The number of hydrogen-bond donors (Lipinski definition) is 0. The first-order chi connectivity index (χ1) is 12.8. The first-order valence-electron chi connectivity index (χ1n) is 8.72. The summed E-state index contributed by atoms with van der Waals surface area (Å²) in [6, 6.07) is 6.15. The average Bonchev–Trinajstić information content (AvgIpc) is 3.06. The molecule has 1 aliphatic rings. The fourth-order valence-corrected chi connectivity index (χ4v) is 4.49. The minimum atomic E-state index is -3.48. The van der Waals surface area contributed by atoms with Gasteiger partial charge >= 0.3 is 0 Å². The molecule has 1 aliphatic heterocycles. The molecule has 0 aliphatic carbocycles. The monoisotopic (exact) mass is 408 g/mol. The Morgan fingerprint density at radius 1 is 1.15 bits per heavy atom. The molecule has 27 heavy (non-hydrogen) atoms. The molecule has 1 fully saturated rings. The van der Waals surface area contributed by atoms with E-state index in [1.54, 1.807) is 23.5 Å². The number of carbonyl (C=O) groups is 1. The zero-order valence-corrected chi connectivity index (χ0v) is 17.4. The lowest BCUT2D eigenvalue weighted by atomic mass is 10.2. The summed E-state index contributed by atoms with van der Waals surface area (Å²) in [4.78, 5) is 21.5. The van der Waals surface area contributed by atoms with Gasteiger partial charge in [-0.2, -0.15) is 0 Å². The van der Waals surface area contributed by atoms with E-state index in [0.717, 1.165) is 34.6 Å². The van der Waals surface area contributed by atoms with Gasteiger partial charge in [-0.05, 0) is 31.2 Å². The summed E-state index contributed by atoms with van der Waals surface area (Å²) in [6.45, 7) is 5.72. The van der Waals surface area contributed by atoms with Gasteiger partial charge in [0.05, 0.1) is 15.6 Å². The van der Waals surface area contributed by atoms with E-state index in [0.29, 0.717) is 18.7 Å². The highest BCUT2D eigenvalue weighted by atomic mass is 32.2. The second-order valence-corrected chi connectivity index (χ2v) is 9.95. The van der Waals surface area contributed by atoms with Crippen molar-refractivity contribution in [2.24, 2.45) is 0 Å². The standard InChI is InChI=1S/C18H24N4O3S2/c1-14-19-16(13-26-14)12-21-8-10-22(11-9-21)18(23)15-4-6-17(7-5-15)27(24,25)20(2)3/h4-7,13H,8-12H2,1-3H3. The molecule has 1 amide bonds. The third-order valence-corrected chi connectivity index (χ3v) is 7.24. The first kappa shape index (κ1) is 19.9. The van der Waals surface area contributed by atoms with E-state index in [2.05, 4.69) is 15.3 Å². The van der Waals surface area contributed by atoms with Crippen molar-refractivity contribution in [1.82, 2.24) is 19.1 Å². The van der Waals surface area contributed by atoms with Crippen LogP contribution in [0.2, 0.25) is 0 Å². The van der Waals surface area contributed by atoms with E-state index < -0.39 is 10.0 Å². The van der Waals surface area contributed by atoms with Gasteiger partial charge in [0.15, 0.2) is 0 Å². The van der Waals surface area contributed by atoms with E-state index in [1.807, 2.05) is 11.8 Å². The summed E-state index contributed by atoms with van der Waals surface area (Å²) in [5.41, 5.74) is 1.59. The fraction of sp³-hybridized carbons (Fsp3) is 0.444. The number of hydrogen-bond acceptors (Lipinski definition) is 6. The Hall–Kier alpha value is -1.81. The molecule has 0 unspecified atom stereocenters. The first-order valence-corrected chi connectivity index (χ1v) is 11.0. The van der Waals surface area contributed by atoms with Gasteiger partial charge in [-0.1, -0.05) is 0 Å². The lowest BCUT2D eigenvalue weighted by Gasteiger charge is -2.34. The van der Waals surface area contributed by atoms with Crippen molar-refractivity contribution in [3.05, 3.63) is 45.9 Å². The van der Waals surface area contributed by atoms with Gasteiger partial charge in [-0.15, -0.1) is 11.3 Å². The summed E-state index contributed by atoms with van der Waals surface area (Å²) in [6.07, 6.45) is 0. The molecule has 3 rings (SSSR count). The molecule has 0 spiro atoms. The molecule has 0 saturated carbocycles. The minimum Gasteiger partial charge on any atom is -0.336 e. The Morgan fingerprint density at radius 2 is 1.78 bits per heavy atom. The summed E-state index contributed by atoms with van der Waals surface area (Å²) in [7, 11) is -0.509. The van der Waals surface area contributed by atoms with Crippen LogP contribution in [-0.2, 0) is 16.6 Å². The van der Waals surface area contributed by atoms with E-state index in [-0.39, 0.29) is 10.8 Å². The van der Waals surface area contributed by atoms with Gasteiger partial charge in [0.2, 0.25) is 10.0 Å². The number of thiazole rings is 1. The molecule has 0 radical (unpaired) electrons. The van der Waals surface area contributed by atoms with Crippen LogP contribution in [0, 0.1) is 6.92 Å². The SMILES string of the molecule is Cc1nc(CN2CCN(C(=O)c3ccc(S(=O)(=O)N(C)C)cc3)CC2)cs1. The molecule has 2 aromatic rings. The van der Waals surface area contributed by atoms with Crippen molar-refractivity contribution in [2.75, 3.05) is 40.3 Å². The number of nitrogens with zero attached hydrogens (tertiary/aromatic N) is 4. The van der Waals surface area contributed by atoms with Crippen LogP contribution in [-0.4, -0.2) is 73.7 Å². The van der Waals surface area contributed by atoms with Gasteiger partial charge in [0, 0.05) is 57.8 Å². The number of sulfonamides is 1. The van der Waals surface area contributed by atoms with Crippen LogP contribution < -0.4 is 0 Å². The molecule has 1 aromatic heterocycles. The molecule has 7 nitrogen and oxygen atoms in total. The maximum atomic E-state index is 12.7. The van der Waals surface area contributed by atoms with Crippen LogP contribution in [0.15, 0.2) is 34.5 Å². The predicted molar refractivity (Wildman–Crippen MR) is 105 cm³/mol. The Balaban J connectivity index is 1.59. The zero-order valence-electron chi connectivity index (χ0n) is 15.8. The number of carbonyl (C=O) groups excluding carboxylic acids is 1. The van der Waals surface area contributed by atoms with Crippen LogP contribution in [0.3, 0.4) is 0 Å².